The number of carbonyl (C=O) groups excluding carboxylic acids is 1. The predicted octanol–water partition coefficient (Wildman–Crippen LogP) is 3.48. The lowest BCUT2D eigenvalue weighted by atomic mass is 10.0. The van der Waals surface area contributed by atoms with Crippen LogP contribution in [0.1, 0.15) is 43.4 Å². The fourth-order valence-electron chi connectivity index (χ4n) is 3.02. The summed E-state index contributed by atoms with van der Waals surface area (Å²) < 4.78 is 0. The summed E-state index contributed by atoms with van der Waals surface area (Å²) in [5.41, 5.74) is 0. The highest BCUT2D eigenvalue weighted by Gasteiger charge is 2.25. The molecule has 2 fully saturated rings. The second kappa shape index (κ2) is 8.90. The van der Waals surface area contributed by atoms with E-state index in [0.29, 0.717) is 18.4 Å². The molecule has 1 aliphatic carbocycles. The van der Waals surface area contributed by atoms with Gasteiger partial charge in [-0.15, -0.1) is 23.7 Å². The maximum Gasteiger partial charge on any atom is 0.222 e. The SMILES string of the molecule is Cl.O=C(CCCc1cccs1)N1CCC(NCC2CC2)CC1. The zero-order valence-corrected chi connectivity index (χ0v) is 14.8. The molecule has 0 bridgehead atoms. The lowest BCUT2D eigenvalue weighted by Crippen LogP contribution is -2.45. The molecule has 3 rings (SSSR count). The van der Waals surface area contributed by atoms with Gasteiger partial charge in [-0.3, -0.25) is 4.79 Å². The molecule has 22 heavy (non-hydrogen) atoms. The molecule has 1 aromatic heterocycles. The number of halogens is 1. The van der Waals surface area contributed by atoms with Crippen LogP contribution in [0.2, 0.25) is 0 Å². The van der Waals surface area contributed by atoms with Gasteiger partial charge in [0.2, 0.25) is 5.91 Å². The van der Waals surface area contributed by atoms with E-state index in [1.807, 2.05) is 0 Å². The summed E-state index contributed by atoms with van der Waals surface area (Å²) in [5, 5.41) is 5.78. The molecule has 124 valence electrons. The first kappa shape index (κ1) is 17.8. The third-order valence-corrected chi connectivity index (χ3v) is 5.57. The summed E-state index contributed by atoms with van der Waals surface area (Å²) in [4.78, 5) is 15.7. The van der Waals surface area contributed by atoms with E-state index < -0.39 is 0 Å². The van der Waals surface area contributed by atoms with Crippen molar-refractivity contribution in [3.05, 3.63) is 22.4 Å². The van der Waals surface area contributed by atoms with Gasteiger partial charge in [-0.1, -0.05) is 6.07 Å². The highest BCUT2D eigenvalue weighted by atomic mass is 35.5. The zero-order valence-electron chi connectivity index (χ0n) is 13.1. The number of hydrogen-bond donors (Lipinski definition) is 1. The smallest absolute Gasteiger partial charge is 0.222 e. The van der Waals surface area contributed by atoms with Crippen LogP contribution in [-0.4, -0.2) is 36.5 Å². The summed E-state index contributed by atoms with van der Waals surface area (Å²) in [6.45, 7) is 3.08. The predicted molar refractivity (Wildman–Crippen MR) is 94.8 cm³/mol. The Bertz CT molecular complexity index is 440. The first-order valence-corrected chi connectivity index (χ1v) is 9.23. The number of nitrogens with one attached hydrogen (secondary N) is 1. The minimum atomic E-state index is 0. The molecule has 0 atom stereocenters. The van der Waals surface area contributed by atoms with Gasteiger partial charge in [0.1, 0.15) is 0 Å². The molecule has 2 heterocycles. The number of thiophene rings is 1. The molecule has 1 N–H and O–H groups in total. The van der Waals surface area contributed by atoms with Crippen LogP contribution in [0.25, 0.3) is 0 Å². The van der Waals surface area contributed by atoms with Crippen molar-refractivity contribution in [2.75, 3.05) is 19.6 Å². The van der Waals surface area contributed by atoms with Crippen molar-refractivity contribution in [2.45, 2.75) is 51.0 Å². The van der Waals surface area contributed by atoms with Gasteiger partial charge in [0.05, 0.1) is 0 Å². The third kappa shape index (κ3) is 5.56. The maximum atomic E-state index is 12.2. The van der Waals surface area contributed by atoms with E-state index in [1.54, 1.807) is 11.3 Å². The molecule has 0 aromatic carbocycles. The normalized spacial score (nSPS) is 19.0. The van der Waals surface area contributed by atoms with Crippen molar-refractivity contribution in [3.8, 4) is 0 Å². The van der Waals surface area contributed by atoms with Crippen LogP contribution in [-0.2, 0) is 11.2 Å². The standard InChI is InChI=1S/C17H26N2OS.ClH/c20-17(5-1-3-16-4-2-12-21-16)19-10-8-15(9-11-19)18-13-14-6-7-14;/h2,4,12,14-15,18H,1,3,5-11,13H2;1H. The summed E-state index contributed by atoms with van der Waals surface area (Å²) in [6.07, 6.45) is 7.82. The number of likely N-dealkylation sites (tertiary alicyclic amines) is 1. The van der Waals surface area contributed by atoms with E-state index in [1.165, 1.54) is 24.3 Å². The van der Waals surface area contributed by atoms with Crippen molar-refractivity contribution in [1.82, 2.24) is 10.2 Å². The molecule has 1 aromatic rings. The minimum Gasteiger partial charge on any atom is -0.343 e. The van der Waals surface area contributed by atoms with E-state index in [-0.39, 0.29) is 12.4 Å². The van der Waals surface area contributed by atoms with Crippen molar-refractivity contribution in [2.24, 2.45) is 5.92 Å². The molecule has 0 unspecified atom stereocenters. The van der Waals surface area contributed by atoms with Gasteiger partial charge in [0.25, 0.3) is 0 Å². The molecular formula is C17H27ClN2OS. The van der Waals surface area contributed by atoms with Crippen molar-refractivity contribution in [3.63, 3.8) is 0 Å². The average Bonchev–Trinajstić information content (AvgIpc) is 3.20. The Hall–Kier alpha value is -0.580. The van der Waals surface area contributed by atoms with Crippen LogP contribution < -0.4 is 5.32 Å². The molecular weight excluding hydrogens is 316 g/mol. The highest BCUT2D eigenvalue weighted by molar-refractivity contribution is 7.09. The maximum absolute atomic E-state index is 12.2. The van der Waals surface area contributed by atoms with Crippen molar-refractivity contribution in [1.29, 1.82) is 0 Å². The highest BCUT2D eigenvalue weighted by Crippen LogP contribution is 2.28. The van der Waals surface area contributed by atoms with Crippen molar-refractivity contribution >= 4 is 29.7 Å². The molecule has 0 radical (unpaired) electrons. The van der Waals surface area contributed by atoms with Gasteiger partial charge >= 0.3 is 0 Å². The van der Waals surface area contributed by atoms with Gasteiger partial charge in [-0.25, -0.2) is 0 Å². The molecule has 3 nitrogen and oxygen atoms in total. The van der Waals surface area contributed by atoms with E-state index in [9.17, 15) is 4.79 Å². The molecule has 1 saturated heterocycles. The van der Waals surface area contributed by atoms with Gasteiger partial charge < -0.3 is 10.2 Å². The van der Waals surface area contributed by atoms with Crippen LogP contribution in [0, 0.1) is 5.92 Å². The quantitative estimate of drug-likeness (QED) is 0.822. The van der Waals surface area contributed by atoms with Crippen LogP contribution >= 0.6 is 23.7 Å². The minimum absolute atomic E-state index is 0. The first-order chi connectivity index (χ1) is 10.3. The Kier molecular flexibility index (Phi) is 7.19. The van der Waals surface area contributed by atoms with Gasteiger partial charge in [0, 0.05) is 30.4 Å². The number of amides is 1. The Morgan fingerprint density at radius 3 is 2.68 bits per heavy atom. The number of aryl methyl sites for hydroxylation is 1. The first-order valence-electron chi connectivity index (χ1n) is 8.35. The molecule has 1 amide bonds. The number of nitrogens with zero attached hydrogens (tertiary/aromatic N) is 1. The molecule has 1 saturated carbocycles. The van der Waals surface area contributed by atoms with Gasteiger partial charge in [-0.2, -0.15) is 0 Å². The number of piperidine rings is 1. The number of hydrogen-bond acceptors (Lipinski definition) is 3. The molecule has 1 aliphatic heterocycles. The van der Waals surface area contributed by atoms with E-state index in [2.05, 4.69) is 27.7 Å². The number of rotatable bonds is 7. The lowest BCUT2D eigenvalue weighted by Gasteiger charge is -2.32. The van der Waals surface area contributed by atoms with E-state index in [0.717, 1.165) is 44.7 Å². The second-order valence-electron chi connectivity index (χ2n) is 6.44. The average molecular weight is 343 g/mol. The summed E-state index contributed by atoms with van der Waals surface area (Å²) in [5.74, 6) is 1.30. The van der Waals surface area contributed by atoms with Crippen LogP contribution in [0.5, 0.6) is 0 Å². The lowest BCUT2D eigenvalue weighted by molar-refractivity contribution is -0.132. The number of carbonyl (C=O) groups is 1. The van der Waals surface area contributed by atoms with Crippen LogP contribution in [0.4, 0.5) is 0 Å². The largest absolute Gasteiger partial charge is 0.343 e. The zero-order chi connectivity index (χ0) is 14.5. The van der Waals surface area contributed by atoms with Gasteiger partial charge in [0.15, 0.2) is 0 Å². The molecule has 5 heteroatoms. The fourth-order valence-corrected chi connectivity index (χ4v) is 3.77. The van der Waals surface area contributed by atoms with Crippen LogP contribution in [0.15, 0.2) is 17.5 Å². The monoisotopic (exact) mass is 342 g/mol. The summed E-state index contributed by atoms with van der Waals surface area (Å²) >= 11 is 1.79. The van der Waals surface area contributed by atoms with E-state index in [4.69, 9.17) is 0 Å². The third-order valence-electron chi connectivity index (χ3n) is 4.63. The Morgan fingerprint density at radius 1 is 1.27 bits per heavy atom. The second-order valence-corrected chi connectivity index (χ2v) is 7.47. The molecule has 0 spiro atoms. The van der Waals surface area contributed by atoms with Crippen molar-refractivity contribution < 1.29 is 4.79 Å². The fraction of sp³-hybridized carbons (Fsp3) is 0.706. The Morgan fingerprint density at radius 2 is 2.05 bits per heavy atom. The summed E-state index contributed by atoms with van der Waals surface area (Å²) in [6, 6.07) is 4.88. The molecule has 2 aliphatic rings. The Balaban J connectivity index is 0.00000176. The summed E-state index contributed by atoms with van der Waals surface area (Å²) in [7, 11) is 0. The Labute approximate surface area is 143 Å². The van der Waals surface area contributed by atoms with E-state index >= 15 is 0 Å². The van der Waals surface area contributed by atoms with Gasteiger partial charge in [-0.05, 0) is 62.4 Å². The topological polar surface area (TPSA) is 32.3 Å². The van der Waals surface area contributed by atoms with Crippen LogP contribution in [0.3, 0.4) is 0 Å².